The second-order valence-electron chi connectivity index (χ2n) is 5.52. The summed E-state index contributed by atoms with van der Waals surface area (Å²) < 4.78 is 37.9. The molecule has 0 aliphatic carbocycles. The monoisotopic (exact) mass is 360 g/mol. The van der Waals surface area contributed by atoms with E-state index in [0.29, 0.717) is 11.4 Å². The van der Waals surface area contributed by atoms with E-state index in [-0.39, 0.29) is 21.7 Å². The number of oxazole rings is 1. The van der Waals surface area contributed by atoms with Crippen LogP contribution in [0.2, 0.25) is 0 Å². The Morgan fingerprint density at radius 3 is 2.48 bits per heavy atom. The number of hydrogen-bond donors (Lipinski definition) is 1. The molecule has 0 saturated carbocycles. The second-order valence-corrected chi connectivity index (χ2v) is 7.20. The van der Waals surface area contributed by atoms with E-state index in [0.717, 1.165) is 5.56 Å². The summed E-state index contributed by atoms with van der Waals surface area (Å²) >= 11 is 0. The number of sulfonamides is 1. The first kappa shape index (κ1) is 17.0. The number of nitrogens with zero attached hydrogens (tertiary/aromatic N) is 1. The first-order valence-electron chi connectivity index (χ1n) is 7.39. The smallest absolute Gasteiger partial charge is 0.338 e. The Morgan fingerprint density at radius 2 is 1.84 bits per heavy atom. The summed E-state index contributed by atoms with van der Waals surface area (Å²) in [6.45, 7) is 3.50. The predicted molar refractivity (Wildman–Crippen MR) is 92.1 cm³/mol. The zero-order chi connectivity index (χ0) is 18.2. The summed E-state index contributed by atoms with van der Waals surface area (Å²) in [7, 11) is -2.60. The van der Waals surface area contributed by atoms with Crippen LogP contribution in [0, 0.1) is 13.8 Å². The molecule has 1 aromatic heterocycles. The number of ether oxygens (including phenoxy) is 1. The zero-order valence-electron chi connectivity index (χ0n) is 13.9. The van der Waals surface area contributed by atoms with Gasteiger partial charge in [0.15, 0.2) is 11.5 Å². The number of esters is 1. The lowest BCUT2D eigenvalue weighted by Crippen LogP contribution is -2.14. The van der Waals surface area contributed by atoms with Gasteiger partial charge in [-0.1, -0.05) is 17.7 Å². The van der Waals surface area contributed by atoms with Gasteiger partial charge in [0.2, 0.25) is 0 Å². The number of methoxy groups -OCH3 is 1. The number of aromatic nitrogens is 1. The third kappa shape index (κ3) is 3.34. The molecule has 7 nitrogen and oxygen atoms in total. The van der Waals surface area contributed by atoms with Crippen LogP contribution in [0.1, 0.15) is 21.8 Å². The van der Waals surface area contributed by atoms with Crippen LogP contribution < -0.4 is 4.72 Å². The molecule has 0 radical (unpaired) electrons. The summed E-state index contributed by atoms with van der Waals surface area (Å²) in [4.78, 5) is 16.1. The van der Waals surface area contributed by atoms with Crippen molar-refractivity contribution >= 4 is 32.8 Å². The van der Waals surface area contributed by atoms with Gasteiger partial charge in [-0.25, -0.2) is 18.2 Å². The normalized spacial score (nSPS) is 11.5. The Balaban J connectivity index is 2.10. The van der Waals surface area contributed by atoms with Crippen LogP contribution in [0.3, 0.4) is 0 Å². The highest BCUT2D eigenvalue weighted by atomic mass is 32.2. The summed E-state index contributed by atoms with van der Waals surface area (Å²) in [5, 5.41) is 0. The van der Waals surface area contributed by atoms with Gasteiger partial charge in [-0.2, -0.15) is 0 Å². The third-order valence-corrected chi connectivity index (χ3v) is 4.98. The molecule has 0 amide bonds. The minimum atomic E-state index is -3.85. The Morgan fingerprint density at radius 1 is 1.16 bits per heavy atom. The van der Waals surface area contributed by atoms with Gasteiger partial charge in [0.25, 0.3) is 10.0 Å². The quantitative estimate of drug-likeness (QED) is 0.718. The largest absolute Gasteiger partial charge is 0.465 e. The molecule has 1 N–H and O–H groups in total. The third-order valence-electron chi connectivity index (χ3n) is 3.59. The second kappa shape index (κ2) is 6.21. The fraction of sp³-hybridized carbons (Fsp3) is 0.176. The van der Waals surface area contributed by atoms with E-state index >= 15 is 0 Å². The maximum absolute atomic E-state index is 12.6. The number of carbonyl (C=O) groups excluding carboxylic acids is 1. The molecule has 25 heavy (non-hydrogen) atoms. The molecule has 0 saturated heterocycles. The molecule has 0 bridgehead atoms. The van der Waals surface area contributed by atoms with Gasteiger partial charge in [-0.15, -0.1) is 0 Å². The first-order valence-corrected chi connectivity index (χ1v) is 8.87. The zero-order valence-corrected chi connectivity index (χ0v) is 14.7. The molecular formula is C17H16N2O5S. The van der Waals surface area contributed by atoms with Gasteiger partial charge in [0, 0.05) is 6.92 Å². The average molecular weight is 360 g/mol. The Hall–Kier alpha value is -2.87. The standard InChI is InChI=1S/C17H16N2O5S/c1-10-4-6-13(7-5-10)25(21,22)19-15-9-12(17(20)23-3)8-14-16(15)24-11(2)18-14/h4-9,19H,1-3H3. The summed E-state index contributed by atoms with van der Waals surface area (Å²) in [6, 6.07) is 9.27. The van der Waals surface area contributed by atoms with Crippen molar-refractivity contribution in [2.24, 2.45) is 0 Å². The molecule has 0 fully saturated rings. The maximum atomic E-state index is 12.6. The van der Waals surface area contributed by atoms with Gasteiger partial charge in [-0.3, -0.25) is 4.72 Å². The molecule has 0 unspecified atom stereocenters. The minimum absolute atomic E-state index is 0.103. The van der Waals surface area contributed by atoms with E-state index in [9.17, 15) is 13.2 Å². The van der Waals surface area contributed by atoms with E-state index in [1.165, 1.54) is 31.4 Å². The fourth-order valence-electron chi connectivity index (χ4n) is 2.38. The van der Waals surface area contributed by atoms with Crippen LogP contribution in [0.4, 0.5) is 5.69 Å². The molecule has 0 spiro atoms. The van der Waals surface area contributed by atoms with E-state index in [4.69, 9.17) is 9.15 Å². The van der Waals surface area contributed by atoms with Gasteiger partial charge in [0.05, 0.1) is 23.3 Å². The Kier molecular flexibility index (Phi) is 4.22. The lowest BCUT2D eigenvalue weighted by atomic mass is 10.2. The number of benzene rings is 2. The van der Waals surface area contributed by atoms with Gasteiger partial charge < -0.3 is 9.15 Å². The fourth-order valence-corrected chi connectivity index (χ4v) is 3.43. The number of hydrogen-bond acceptors (Lipinski definition) is 6. The number of rotatable bonds is 4. The van der Waals surface area contributed by atoms with Crippen LogP contribution in [-0.4, -0.2) is 26.5 Å². The summed E-state index contributed by atoms with van der Waals surface area (Å²) in [6.07, 6.45) is 0. The van der Waals surface area contributed by atoms with Crippen molar-refractivity contribution < 1.29 is 22.4 Å². The molecule has 8 heteroatoms. The lowest BCUT2D eigenvalue weighted by Gasteiger charge is -2.10. The highest BCUT2D eigenvalue weighted by Gasteiger charge is 2.20. The number of aryl methyl sites for hydroxylation is 2. The van der Waals surface area contributed by atoms with Gasteiger partial charge >= 0.3 is 5.97 Å². The SMILES string of the molecule is COC(=O)c1cc(NS(=O)(=O)c2ccc(C)cc2)c2oc(C)nc2c1. The van der Waals surface area contributed by atoms with Gasteiger partial charge in [-0.05, 0) is 31.2 Å². The van der Waals surface area contributed by atoms with Crippen LogP contribution in [-0.2, 0) is 14.8 Å². The molecular weight excluding hydrogens is 344 g/mol. The molecule has 1 heterocycles. The number of fused-ring (bicyclic) bond motifs is 1. The highest BCUT2D eigenvalue weighted by Crippen LogP contribution is 2.29. The van der Waals surface area contributed by atoms with Crippen molar-refractivity contribution in [3.05, 3.63) is 53.4 Å². The van der Waals surface area contributed by atoms with Gasteiger partial charge in [0.1, 0.15) is 5.52 Å². The van der Waals surface area contributed by atoms with Crippen molar-refractivity contribution in [1.29, 1.82) is 0 Å². The molecule has 0 aliphatic heterocycles. The topological polar surface area (TPSA) is 98.5 Å². The average Bonchev–Trinajstić information content (AvgIpc) is 2.94. The van der Waals surface area contributed by atoms with Crippen molar-refractivity contribution in [1.82, 2.24) is 4.98 Å². The van der Waals surface area contributed by atoms with Crippen LogP contribution in [0.25, 0.3) is 11.1 Å². The molecule has 3 aromatic rings. The Labute approximate surface area is 144 Å². The van der Waals surface area contributed by atoms with Crippen LogP contribution in [0.15, 0.2) is 45.7 Å². The maximum Gasteiger partial charge on any atom is 0.338 e. The lowest BCUT2D eigenvalue weighted by molar-refractivity contribution is 0.0601. The molecule has 2 aromatic carbocycles. The molecule has 3 rings (SSSR count). The van der Waals surface area contributed by atoms with Crippen molar-refractivity contribution in [2.75, 3.05) is 11.8 Å². The first-order chi connectivity index (χ1) is 11.8. The van der Waals surface area contributed by atoms with E-state index in [1.807, 2.05) is 6.92 Å². The predicted octanol–water partition coefficient (Wildman–Crippen LogP) is 3.03. The van der Waals surface area contributed by atoms with Crippen molar-refractivity contribution in [2.45, 2.75) is 18.7 Å². The molecule has 0 atom stereocenters. The highest BCUT2D eigenvalue weighted by molar-refractivity contribution is 7.92. The molecule has 130 valence electrons. The van der Waals surface area contributed by atoms with Crippen molar-refractivity contribution in [3.63, 3.8) is 0 Å². The number of carbonyl (C=O) groups is 1. The molecule has 0 aliphatic rings. The summed E-state index contributed by atoms with van der Waals surface area (Å²) in [5.74, 6) is -0.244. The Bertz CT molecular complexity index is 1050. The minimum Gasteiger partial charge on any atom is -0.465 e. The van der Waals surface area contributed by atoms with Crippen LogP contribution >= 0.6 is 0 Å². The van der Waals surface area contributed by atoms with Crippen LogP contribution in [0.5, 0.6) is 0 Å². The van der Waals surface area contributed by atoms with E-state index in [2.05, 4.69) is 9.71 Å². The van der Waals surface area contributed by atoms with E-state index < -0.39 is 16.0 Å². The summed E-state index contributed by atoms with van der Waals surface area (Å²) in [5.41, 5.74) is 1.85. The number of anilines is 1. The van der Waals surface area contributed by atoms with Crippen molar-refractivity contribution in [3.8, 4) is 0 Å². The van der Waals surface area contributed by atoms with E-state index in [1.54, 1.807) is 19.1 Å². The number of nitrogens with one attached hydrogen (secondary N) is 1.